The van der Waals surface area contributed by atoms with E-state index in [-0.39, 0.29) is 23.6 Å². The molecule has 0 saturated heterocycles. The lowest BCUT2D eigenvalue weighted by Gasteiger charge is -2.36. The normalized spacial score (nSPS) is 18.7. The second-order valence-electron chi connectivity index (χ2n) is 8.85. The number of halogens is 4. The Morgan fingerprint density at radius 2 is 1.91 bits per heavy atom. The lowest BCUT2D eigenvalue weighted by atomic mass is 9.90. The molecule has 0 radical (unpaired) electrons. The molecule has 0 bridgehead atoms. The molecule has 1 aliphatic rings. The molecule has 3 heterocycles. The van der Waals surface area contributed by atoms with E-state index >= 15 is 0 Å². The van der Waals surface area contributed by atoms with Gasteiger partial charge in [-0.1, -0.05) is 23.7 Å². The maximum atomic E-state index is 13.2. The van der Waals surface area contributed by atoms with Crippen LogP contribution >= 0.6 is 11.6 Å². The fourth-order valence-corrected chi connectivity index (χ4v) is 5.03. The second kappa shape index (κ2) is 9.03. The molecule has 1 N–H and O–H groups in total. The van der Waals surface area contributed by atoms with Gasteiger partial charge in [-0.2, -0.15) is 13.2 Å². The zero-order valence-electron chi connectivity index (χ0n) is 18.9. The molecule has 6 nitrogen and oxygen atoms in total. The van der Waals surface area contributed by atoms with Crippen LogP contribution in [0.4, 0.5) is 19.0 Å². The number of aromatic nitrogens is 3. The highest BCUT2D eigenvalue weighted by atomic mass is 35.5. The molecule has 35 heavy (non-hydrogen) atoms. The Hall–Kier alpha value is -3.33. The van der Waals surface area contributed by atoms with Gasteiger partial charge in [0.1, 0.15) is 11.5 Å². The molecular formula is C25H23ClF3N5O. The summed E-state index contributed by atoms with van der Waals surface area (Å²) < 4.78 is 41.0. The molecule has 0 atom stereocenters. The first-order chi connectivity index (χ1) is 16.7. The number of hydrogen-bond donors (Lipinski definition) is 1. The van der Waals surface area contributed by atoms with Crippen LogP contribution in [0.2, 0.25) is 5.02 Å². The van der Waals surface area contributed by atoms with Gasteiger partial charge in [0, 0.05) is 41.9 Å². The smallest absolute Gasteiger partial charge is 0.358 e. The number of hydrogen-bond acceptors (Lipinski definition) is 4. The molecule has 1 fully saturated rings. The van der Waals surface area contributed by atoms with Crippen LogP contribution in [0.25, 0.3) is 16.6 Å². The van der Waals surface area contributed by atoms with Gasteiger partial charge in [0.05, 0.1) is 11.1 Å². The summed E-state index contributed by atoms with van der Waals surface area (Å²) >= 11 is 6.21. The molecule has 1 saturated carbocycles. The first-order valence-electron chi connectivity index (χ1n) is 11.3. The average molecular weight is 502 g/mol. The van der Waals surface area contributed by atoms with Crippen molar-refractivity contribution in [1.29, 1.82) is 0 Å². The highest BCUT2D eigenvalue weighted by Gasteiger charge is 2.34. The molecular weight excluding hydrogens is 479 g/mol. The van der Waals surface area contributed by atoms with E-state index in [1.165, 1.54) is 4.40 Å². The molecule has 0 spiro atoms. The number of amides is 1. The van der Waals surface area contributed by atoms with Gasteiger partial charge in [-0.25, -0.2) is 4.98 Å². The first-order valence-corrected chi connectivity index (χ1v) is 11.7. The number of nitrogens with one attached hydrogen (secondary N) is 1. The summed E-state index contributed by atoms with van der Waals surface area (Å²) in [4.78, 5) is 23.1. The minimum atomic E-state index is -4.50. The van der Waals surface area contributed by atoms with Crippen LogP contribution in [0.3, 0.4) is 0 Å². The van der Waals surface area contributed by atoms with Crippen LogP contribution in [0, 0.1) is 0 Å². The van der Waals surface area contributed by atoms with Gasteiger partial charge < -0.3 is 10.2 Å². The van der Waals surface area contributed by atoms with Crippen molar-refractivity contribution >= 4 is 39.9 Å². The Morgan fingerprint density at radius 3 is 2.66 bits per heavy atom. The zero-order valence-corrected chi connectivity index (χ0v) is 19.6. The first kappa shape index (κ1) is 23.4. The third kappa shape index (κ3) is 4.65. The Balaban J connectivity index is 1.27. The zero-order chi connectivity index (χ0) is 24.7. The van der Waals surface area contributed by atoms with E-state index in [1.807, 2.05) is 18.0 Å². The number of nitrogens with zero attached hydrogens (tertiary/aromatic N) is 4. The topological polar surface area (TPSA) is 62.5 Å². The lowest BCUT2D eigenvalue weighted by molar-refractivity contribution is -0.140. The van der Waals surface area contributed by atoms with Crippen molar-refractivity contribution in [2.45, 2.75) is 43.9 Å². The number of rotatable bonds is 4. The molecule has 4 aromatic rings. The maximum Gasteiger partial charge on any atom is 0.434 e. The third-order valence-electron chi connectivity index (χ3n) is 6.62. The fraction of sp³-hybridized carbons (Fsp3) is 0.320. The van der Waals surface area contributed by atoms with Crippen molar-refractivity contribution < 1.29 is 18.0 Å². The SMILES string of the molecule is CN(c1cccc2nc(C(F)(F)F)cn12)C1CCC(NC(=O)c2cc(Cl)cc3cccnc23)CC1. The molecule has 0 unspecified atom stereocenters. The number of imidazole rings is 1. The highest BCUT2D eigenvalue weighted by molar-refractivity contribution is 6.32. The van der Waals surface area contributed by atoms with Gasteiger partial charge in [-0.15, -0.1) is 0 Å². The predicted molar refractivity (Wildman–Crippen MR) is 129 cm³/mol. The number of pyridine rings is 2. The van der Waals surface area contributed by atoms with Crippen LogP contribution in [0.5, 0.6) is 0 Å². The van der Waals surface area contributed by atoms with Crippen molar-refractivity contribution in [2.75, 3.05) is 11.9 Å². The minimum absolute atomic E-state index is 0.00855. The van der Waals surface area contributed by atoms with Gasteiger partial charge in [0.25, 0.3) is 5.91 Å². The van der Waals surface area contributed by atoms with E-state index in [4.69, 9.17) is 11.6 Å². The van der Waals surface area contributed by atoms with Crippen molar-refractivity contribution in [3.8, 4) is 0 Å². The summed E-state index contributed by atoms with van der Waals surface area (Å²) in [5.41, 5.74) is 0.395. The molecule has 5 rings (SSSR count). The minimum Gasteiger partial charge on any atom is -0.358 e. The summed E-state index contributed by atoms with van der Waals surface area (Å²) in [5.74, 6) is 0.435. The Kier molecular flexibility index (Phi) is 6.04. The second-order valence-corrected chi connectivity index (χ2v) is 9.29. The van der Waals surface area contributed by atoms with Crippen molar-refractivity contribution in [1.82, 2.24) is 19.7 Å². The average Bonchev–Trinajstić information content (AvgIpc) is 3.29. The van der Waals surface area contributed by atoms with E-state index < -0.39 is 11.9 Å². The van der Waals surface area contributed by atoms with Crippen LogP contribution in [-0.4, -0.2) is 39.4 Å². The monoisotopic (exact) mass is 501 g/mol. The van der Waals surface area contributed by atoms with Crippen molar-refractivity contribution in [3.05, 3.63) is 71.1 Å². The summed E-state index contributed by atoms with van der Waals surface area (Å²) in [6, 6.07) is 12.3. The fourth-order valence-electron chi connectivity index (χ4n) is 4.81. The van der Waals surface area contributed by atoms with Crippen LogP contribution < -0.4 is 10.2 Å². The molecule has 3 aromatic heterocycles. The summed E-state index contributed by atoms with van der Waals surface area (Å²) in [7, 11) is 1.88. The Morgan fingerprint density at radius 1 is 1.14 bits per heavy atom. The molecule has 1 amide bonds. The number of carbonyl (C=O) groups is 1. The van der Waals surface area contributed by atoms with Crippen LogP contribution in [0.1, 0.15) is 41.7 Å². The molecule has 1 aromatic carbocycles. The predicted octanol–water partition coefficient (Wildman–Crippen LogP) is 5.73. The van der Waals surface area contributed by atoms with Gasteiger partial charge in [0.15, 0.2) is 5.69 Å². The number of alkyl halides is 3. The quantitative estimate of drug-likeness (QED) is 0.388. The van der Waals surface area contributed by atoms with Crippen LogP contribution in [0.15, 0.2) is 54.9 Å². The molecule has 10 heteroatoms. The van der Waals surface area contributed by atoms with E-state index in [0.29, 0.717) is 21.9 Å². The number of anilines is 1. The van der Waals surface area contributed by atoms with Gasteiger partial charge in [-0.3, -0.25) is 14.2 Å². The van der Waals surface area contributed by atoms with E-state index in [1.54, 1.807) is 42.6 Å². The summed E-state index contributed by atoms with van der Waals surface area (Å²) in [6.07, 6.45) is 1.26. The Bertz CT molecular complexity index is 1400. The third-order valence-corrected chi connectivity index (χ3v) is 6.83. The number of carbonyl (C=O) groups excluding carboxylic acids is 1. The largest absolute Gasteiger partial charge is 0.434 e. The van der Waals surface area contributed by atoms with Crippen molar-refractivity contribution in [2.24, 2.45) is 0 Å². The summed E-state index contributed by atoms with van der Waals surface area (Å²) in [6.45, 7) is 0. The molecule has 0 aliphatic heterocycles. The Labute approximate surface area is 204 Å². The van der Waals surface area contributed by atoms with Crippen LogP contribution in [-0.2, 0) is 6.18 Å². The van der Waals surface area contributed by atoms with E-state index in [2.05, 4.69) is 15.3 Å². The molecule has 1 aliphatic carbocycles. The van der Waals surface area contributed by atoms with E-state index in [9.17, 15) is 18.0 Å². The van der Waals surface area contributed by atoms with E-state index in [0.717, 1.165) is 37.3 Å². The summed E-state index contributed by atoms with van der Waals surface area (Å²) in [5, 5.41) is 4.39. The number of fused-ring (bicyclic) bond motifs is 2. The number of benzene rings is 1. The van der Waals surface area contributed by atoms with Gasteiger partial charge in [-0.05, 0) is 56.0 Å². The maximum absolute atomic E-state index is 13.2. The lowest BCUT2D eigenvalue weighted by Crippen LogP contribution is -2.43. The standard InChI is InChI=1S/C25H23ClF3N5O/c1-33(22-6-2-5-21-32-20(14-34(21)22)25(27,28)29)18-9-7-17(8-10-18)31-24(35)19-13-16(26)12-15-4-3-11-30-23(15)19/h2-6,11-14,17-18H,7-10H2,1H3,(H,31,35). The molecule has 182 valence electrons. The highest BCUT2D eigenvalue weighted by Crippen LogP contribution is 2.32. The van der Waals surface area contributed by atoms with Crippen molar-refractivity contribution in [3.63, 3.8) is 0 Å². The van der Waals surface area contributed by atoms with Gasteiger partial charge in [0.2, 0.25) is 0 Å². The van der Waals surface area contributed by atoms with Gasteiger partial charge >= 0.3 is 6.18 Å².